The molecule has 0 unspecified atom stereocenters. The van der Waals surface area contributed by atoms with Gasteiger partial charge in [0, 0.05) is 17.5 Å². The van der Waals surface area contributed by atoms with Crippen molar-refractivity contribution in [3.63, 3.8) is 0 Å². The Morgan fingerprint density at radius 1 is 1.04 bits per heavy atom. The van der Waals surface area contributed by atoms with E-state index < -0.39 is 10.5 Å². The van der Waals surface area contributed by atoms with Gasteiger partial charge in [-0.3, -0.25) is 15.1 Å². The molecular formula is C17H9N3O4. The zero-order chi connectivity index (χ0) is 16.7. The van der Waals surface area contributed by atoms with Gasteiger partial charge in [0.15, 0.2) is 0 Å². The van der Waals surface area contributed by atoms with Crippen LogP contribution in [0.25, 0.3) is 33.3 Å². The van der Waals surface area contributed by atoms with Crippen LogP contribution in [0.4, 0.5) is 5.69 Å². The summed E-state index contributed by atoms with van der Waals surface area (Å²) in [5, 5.41) is 11.4. The van der Waals surface area contributed by atoms with E-state index in [1.807, 2.05) is 18.2 Å². The summed E-state index contributed by atoms with van der Waals surface area (Å²) in [4.78, 5) is 31.3. The second kappa shape index (κ2) is 5.24. The Balaban J connectivity index is 1.95. The van der Waals surface area contributed by atoms with Crippen molar-refractivity contribution >= 4 is 27.7 Å². The van der Waals surface area contributed by atoms with Crippen molar-refractivity contribution in [2.24, 2.45) is 0 Å². The van der Waals surface area contributed by atoms with E-state index in [-0.39, 0.29) is 16.8 Å². The van der Waals surface area contributed by atoms with Crippen molar-refractivity contribution in [2.45, 2.75) is 0 Å². The molecule has 24 heavy (non-hydrogen) atoms. The Kier molecular flexibility index (Phi) is 3.06. The summed E-state index contributed by atoms with van der Waals surface area (Å²) in [6, 6.07) is 12.9. The number of nitrogens with zero attached hydrogens (tertiary/aromatic N) is 3. The van der Waals surface area contributed by atoms with Crippen LogP contribution in [-0.4, -0.2) is 14.9 Å². The highest BCUT2D eigenvalue weighted by atomic mass is 16.6. The molecule has 0 saturated carbocycles. The molecule has 0 N–H and O–H groups in total. The monoisotopic (exact) mass is 319 g/mol. The number of nitro benzene ring substituents is 1. The van der Waals surface area contributed by atoms with Gasteiger partial charge in [-0.2, -0.15) is 0 Å². The number of rotatable bonds is 2. The topological polar surface area (TPSA) is 99.1 Å². The van der Waals surface area contributed by atoms with Crippen LogP contribution in [0, 0.1) is 10.1 Å². The molecule has 0 atom stereocenters. The molecular weight excluding hydrogens is 310 g/mol. The molecule has 0 aliphatic rings. The standard InChI is InChI=1S/C17H9N3O4/c21-17-12(15-9-18-13-3-1-2-4-14(13)19-15)8-10-7-11(20(22)23)5-6-16(10)24-17/h1-9H. The lowest BCUT2D eigenvalue weighted by atomic mass is 10.1. The summed E-state index contributed by atoms with van der Waals surface area (Å²) in [7, 11) is 0. The van der Waals surface area contributed by atoms with Crippen molar-refractivity contribution in [2.75, 3.05) is 0 Å². The van der Waals surface area contributed by atoms with Crippen molar-refractivity contribution < 1.29 is 9.34 Å². The molecule has 0 bridgehead atoms. The zero-order valence-electron chi connectivity index (χ0n) is 12.2. The second-order valence-corrected chi connectivity index (χ2v) is 5.17. The average molecular weight is 319 g/mol. The molecule has 116 valence electrons. The minimum absolute atomic E-state index is 0.0769. The predicted octanol–water partition coefficient (Wildman–Crippen LogP) is 3.31. The molecule has 2 aromatic heterocycles. The number of fused-ring (bicyclic) bond motifs is 2. The van der Waals surface area contributed by atoms with E-state index >= 15 is 0 Å². The van der Waals surface area contributed by atoms with E-state index in [0.717, 1.165) is 0 Å². The summed E-state index contributed by atoms with van der Waals surface area (Å²) < 4.78 is 5.25. The maximum Gasteiger partial charge on any atom is 0.345 e. The molecule has 0 spiro atoms. The minimum Gasteiger partial charge on any atom is -0.422 e. The number of non-ortho nitro benzene ring substituents is 1. The van der Waals surface area contributed by atoms with E-state index in [1.165, 1.54) is 30.5 Å². The normalized spacial score (nSPS) is 11.0. The van der Waals surface area contributed by atoms with Crippen LogP contribution in [0.5, 0.6) is 0 Å². The highest BCUT2D eigenvalue weighted by Crippen LogP contribution is 2.24. The molecule has 0 radical (unpaired) electrons. The van der Waals surface area contributed by atoms with Crippen molar-refractivity contribution in [1.29, 1.82) is 0 Å². The molecule has 4 aromatic rings. The SMILES string of the molecule is O=c1oc2ccc([N+](=O)[O-])cc2cc1-c1cnc2ccccc2n1. The van der Waals surface area contributed by atoms with Crippen molar-refractivity contribution in [3.8, 4) is 11.3 Å². The molecule has 4 rings (SSSR count). The molecule has 7 nitrogen and oxygen atoms in total. The summed E-state index contributed by atoms with van der Waals surface area (Å²) >= 11 is 0. The first-order valence-electron chi connectivity index (χ1n) is 7.06. The third-order valence-corrected chi connectivity index (χ3v) is 3.65. The van der Waals surface area contributed by atoms with E-state index in [9.17, 15) is 14.9 Å². The third kappa shape index (κ3) is 2.28. The van der Waals surface area contributed by atoms with Gasteiger partial charge >= 0.3 is 5.63 Å². The van der Waals surface area contributed by atoms with Crippen LogP contribution in [0.2, 0.25) is 0 Å². The lowest BCUT2D eigenvalue weighted by molar-refractivity contribution is -0.384. The summed E-state index contributed by atoms with van der Waals surface area (Å²) in [5.74, 6) is 0. The molecule has 0 fully saturated rings. The fourth-order valence-electron chi connectivity index (χ4n) is 2.49. The van der Waals surface area contributed by atoms with Gasteiger partial charge in [0.05, 0.1) is 33.4 Å². The van der Waals surface area contributed by atoms with E-state index in [2.05, 4.69) is 9.97 Å². The van der Waals surface area contributed by atoms with Crippen molar-refractivity contribution in [3.05, 3.63) is 75.3 Å². The maximum absolute atomic E-state index is 12.2. The molecule has 0 saturated heterocycles. The van der Waals surface area contributed by atoms with E-state index in [4.69, 9.17) is 4.42 Å². The molecule has 0 amide bonds. The second-order valence-electron chi connectivity index (χ2n) is 5.17. The molecule has 2 aromatic carbocycles. The van der Waals surface area contributed by atoms with Crippen LogP contribution in [-0.2, 0) is 0 Å². The Morgan fingerprint density at radius 3 is 2.62 bits per heavy atom. The maximum atomic E-state index is 12.2. The Morgan fingerprint density at radius 2 is 1.83 bits per heavy atom. The van der Waals surface area contributed by atoms with Gasteiger partial charge in [-0.1, -0.05) is 12.1 Å². The molecule has 7 heteroatoms. The van der Waals surface area contributed by atoms with Gasteiger partial charge < -0.3 is 4.42 Å². The Bertz CT molecular complexity index is 1170. The van der Waals surface area contributed by atoms with Gasteiger partial charge in [0.2, 0.25) is 0 Å². The van der Waals surface area contributed by atoms with E-state index in [0.29, 0.717) is 22.1 Å². The van der Waals surface area contributed by atoms with Gasteiger partial charge in [-0.15, -0.1) is 0 Å². The predicted molar refractivity (Wildman–Crippen MR) is 87.7 cm³/mol. The fraction of sp³-hybridized carbons (Fsp3) is 0. The summed E-state index contributed by atoms with van der Waals surface area (Å²) in [6.07, 6.45) is 1.48. The number of hydrogen-bond donors (Lipinski definition) is 0. The molecule has 0 aliphatic heterocycles. The third-order valence-electron chi connectivity index (χ3n) is 3.65. The van der Waals surface area contributed by atoms with Crippen LogP contribution in [0.15, 0.2) is 63.9 Å². The highest BCUT2D eigenvalue weighted by Gasteiger charge is 2.13. The van der Waals surface area contributed by atoms with Crippen LogP contribution < -0.4 is 5.63 Å². The molecule has 2 heterocycles. The number of benzene rings is 2. The zero-order valence-corrected chi connectivity index (χ0v) is 12.2. The van der Waals surface area contributed by atoms with E-state index in [1.54, 1.807) is 6.07 Å². The number of hydrogen-bond acceptors (Lipinski definition) is 6. The lowest BCUT2D eigenvalue weighted by Gasteiger charge is -2.03. The Labute approximate surface area is 134 Å². The lowest BCUT2D eigenvalue weighted by Crippen LogP contribution is -2.04. The van der Waals surface area contributed by atoms with Gasteiger partial charge in [-0.05, 0) is 24.3 Å². The van der Waals surface area contributed by atoms with Gasteiger partial charge in [0.1, 0.15) is 5.58 Å². The van der Waals surface area contributed by atoms with Crippen LogP contribution in [0.3, 0.4) is 0 Å². The minimum atomic E-state index is -0.569. The highest BCUT2D eigenvalue weighted by molar-refractivity contribution is 5.84. The van der Waals surface area contributed by atoms with Gasteiger partial charge in [0.25, 0.3) is 5.69 Å². The first kappa shape index (κ1) is 14.0. The van der Waals surface area contributed by atoms with Crippen molar-refractivity contribution in [1.82, 2.24) is 9.97 Å². The average Bonchev–Trinajstić information content (AvgIpc) is 2.60. The van der Waals surface area contributed by atoms with Gasteiger partial charge in [-0.25, -0.2) is 9.78 Å². The fourth-order valence-corrected chi connectivity index (χ4v) is 2.49. The number of nitro groups is 1. The first-order valence-corrected chi connectivity index (χ1v) is 7.06. The van der Waals surface area contributed by atoms with Crippen LogP contribution >= 0.6 is 0 Å². The largest absolute Gasteiger partial charge is 0.422 e. The van der Waals surface area contributed by atoms with Crippen LogP contribution in [0.1, 0.15) is 0 Å². The summed E-state index contributed by atoms with van der Waals surface area (Å²) in [5.41, 5.74) is 1.56. The quantitative estimate of drug-likeness (QED) is 0.319. The number of aromatic nitrogens is 2. The smallest absolute Gasteiger partial charge is 0.345 e. The Hall–Kier alpha value is -3.61. The molecule has 0 aliphatic carbocycles. The number of para-hydroxylation sites is 2. The summed E-state index contributed by atoms with van der Waals surface area (Å²) in [6.45, 7) is 0. The first-order chi connectivity index (χ1) is 11.6.